The van der Waals surface area contributed by atoms with Crippen LogP contribution in [0.3, 0.4) is 0 Å². The molecular formula is C15H10F5N. The lowest BCUT2D eigenvalue weighted by atomic mass is 10.1. The molecule has 1 fully saturated rings. The van der Waals surface area contributed by atoms with Gasteiger partial charge >= 0.3 is 0 Å². The quantitative estimate of drug-likeness (QED) is 0.359. The molecule has 21 heavy (non-hydrogen) atoms. The molecule has 1 heterocycles. The molecule has 2 aromatic rings. The Balaban J connectivity index is 1.87. The second-order valence-corrected chi connectivity index (χ2v) is 4.91. The van der Waals surface area contributed by atoms with E-state index in [1.165, 1.54) is 0 Å². The first-order valence-electron chi connectivity index (χ1n) is 6.30. The van der Waals surface area contributed by atoms with E-state index < -0.39 is 40.7 Å². The van der Waals surface area contributed by atoms with Gasteiger partial charge in [0.25, 0.3) is 0 Å². The smallest absolute Gasteiger partial charge is 0.200 e. The highest BCUT2D eigenvalue weighted by Gasteiger charge is 2.42. The zero-order valence-electron chi connectivity index (χ0n) is 10.7. The molecule has 1 aliphatic heterocycles. The van der Waals surface area contributed by atoms with E-state index in [4.69, 9.17) is 0 Å². The first kappa shape index (κ1) is 14.0. The highest BCUT2D eigenvalue weighted by Crippen LogP contribution is 2.40. The number of nitrogens with zero attached hydrogens (tertiary/aromatic N) is 1. The van der Waals surface area contributed by atoms with E-state index in [0.29, 0.717) is 6.54 Å². The Hall–Kier alpha value is -1.95. The van der Waals surface area contributed by atoms with Gasteiger partial charge in [0.1, 0.15) is 0 Å². The van der Waals surface area contributed by atoms with Crippen molar-refractivity contribution in [3.8, 4) is 0 Å². The van der Waals surface area contributed by atoms with Crippen molar-refractivity contribution >= 4 is 0 Å². The summed E-state index contributed by atoms with van der Waals surface area (Å²) in [5.74, 6) is -9.39. The van der Waals surface area contributed by atoms with Crippen LogP contribution in [0, 0.1) is 29.1 Å². The van der Waals surface area contributed by atoms with Gasteiger partial charge in [0.05, 0.1) is 6.04 Å². The summed E-state index contributed by atoms with van der Waals surface area (Å²) in [7, 11) is 0. The molecule has 0 aliphatic carbocycles. The second kappa shape index (κ2) is 5.11. The van der Waals surface area contributed by atoms with Gasteiger partial charge in [-0.25, -0.2) is 22.0 Å². The average Bonchev–Trinajstić information content (AvgIpc) is 3.23. The summed E-state index contributed by atoms with van der Waals surface area (Å²) >= 11 is 0. The molecule has 2 atom stereocenters. The fourth-order valence-corrected chi connectivity index (χ4v) is 2.36. The average molecular weight is 299 g/mol. The highest BCUT2D eigenvalue weighted by atomic mass is 19.2. The van der Waals surface area contributed by atoms with Gasteiger partial charge in [0.2, 0.25) is 5.82 Å². The van der Waals surface area contributed by atoms with Crippen molar-refractivity contribution in [2.75, 3.05) is 6.54 Å². The molecule has 110 valence electrons. The zero-order chi connectivity index (χ0) is 15.1. The summed E-state index contributed by atoms with van der Waals surface area (Å²) in [5, 5.41) is 0. The highest BCUT2D eigenvalue weighted by molar-refractivity contribution is 5.31. The number of hydrogen-bond donors (Lipinski definition) is 0. The van der Waals surface area contributed by atoms with Crippen LogP contribution in [-0.4, -0.2) is 11.4 Å². The van der Waals surface area contributed by atoms with Crippen molar-refractivity contribution in [1.82, 2.24) is 4.90 Å². The first-order valence-corrected chi connectivity index (χ1v) is 6.30. The summed E-state index contributed by atoms with van der Waals surface area (Å²) in [6.45, 7) is 0.651. The molecule has 3 rings (SSSR count). The molecule has 1 saturated heterocycles. The Bertz CT molecular complexity index is 657. The van der Waals surface area contributed by atoms with Gasteiger partial charge in [-0.1, -0.05) is 30.3 Å². The lowest BCUT2D eigenvalue weighted by molar-refractivity contribution is 0.363. The fourth-order valence-electron chi connectivity index (χ4n) is 2.36. The lowest BCUT2D eigenvalue weighted by Gasteiger charge is -2.09. The van der Waals surface area contributed by atoms with Gasteiger partial charge in [-0.2, -0.15) is 0 Å². The van der Waals surface area contributed by atoms with Crippen LogP contribution in [-0.2, 0) is 6.54 Å². The zero-order valence-corrected chi connectivity index (χ0v) is 10.7. The maximum atomic E-state index is 13.7. The van der Waals surface area contributed by atoms with E-state index in [-0.39, 0.29) is 6.54 Å². The van der Waals surface area contributed by atoms with Crippen molar-refractivity contribution in [1.29, 1.82) is 0 Å². The van der Waals surface area contributed by atoms with Gasteiger partial charge in [-0.15, -0.1) is 0 Å². The lowest BCUT2D eigenvalue weighted by Crippen LogP contribution is -2.08. The van der Waals surface area contributed by atoms with E-state index in [2.05, 4.69) is 0 Å². The molecule has 1 nitrogen and oxygen atoms in total. The first-order chi connectivity index (χ1) is 10.0. The third-order valence-corrected chi connectivity index (χ3v) is 3.52. The van der Waals surface area contributed by atoms with Crippen LogP contribution in [0.1, 0.15) is 17.2 Å². The fraction of sp³-hybridized carbons (Fsp3) is 0.200. The minimum Gasteiger partial charge on any atom is -0.289 e. The second-order valence-electron chi connectivity index (χ2n) is 4.91. The predicted octanol–water partition coefficient (Wildman–Crippen LogP) is 3.94. The topological polar surface area (TPSA) is 3.01 Å². The van der Waals surface area contributed by atoms with Crippen molar-refractivity contribution in [2.45, 2.75) is 12.6 Å². The van der Waals surface area contributed by atoms with E-state index in [0.717, 1.165) is 5.56 Å². The van der Waals surface area contributed by atoms with Crippen molar-refractivity contribution in [2.24, 2.45) is 0 Å². The van der Waals surface area contributed by atoms with Crippen molar-refractivity contribution in [3.05, 3.63) is 70.5 Å². The van der Waals surface area contributed by atoms with Crippen LogP contribution >= 0.6 is 0 Å². The van der Waals surface area contributed by atoms with Crippen LogP contribution in [0.2, 0.25) is 0 Å². The normalized spacial score (nSPS) is 20.6. The van der Waals surface area contributed by atoms with Gasteiger partial charge in [0, 0.05) is 18.7 Å². The van der Waals surface area contributed by atoms with E-state index in [1.807, 2.05) is 30.3 Å². The van der Waals surface area contributed by atoms with Crippen molar-refractivity contribution < 1.29 is 22.0 Å². The molecule has 0 spiro atoms. The Morgan fingerprint density at radius 3 is 1.90 bits per heavy atom. The molecule has 0 N–H and O–H groups in total. The minimum atomic E-state index is -2.12. The number of halogens is 5. The van der Waals surface area contributed by atoms with Crippen LogP contribution in [0.5, 0.6) is 0 Å². The van der Waals surface area contributed by atoms with Gasteiger partial charge in [-0.3, -0.25) is 4.90 Å². The van der Waals surface area contributed by atoms with E-state index in [9.17, 15) is 22.0 Å². The molecule has 0 amide bonds. The molecule has 1 aliphatic rings. The van der Waals surface area contributed by atoms with Crippen molar-refractivity contribution in [3.63, 3.8) is 0 Å². The maximum Gasteiger partial charge on any atom is 0.200 e. The SMILES string of the molecule is Fc1c(F)c(F)c(C2CN2Cc2ccccc2)c(F)c1F. The Kier molecular flexibility index (Phi) is 3.41. The molecular weight excluding hydrogens is 289 g/mol. The largest absolute Gasteiger partial charge is 0.289 e. The minimum absolute atomic E-state index is 0.257. The number of benzene rings is 2. The summed E-state index contributed by atoms with van der Waals surface area (Å²) in [4.78, 5) is 1.63. The van der Waals surface area contributed by atoms with E-state index in [1.54, 1.807) is 4.90 Å². The van der Waals surface area contributed by atoms with Crippen LogP contribution in [0.25, 0.3) is 0 Å². The Morgan fingerprint density at radius 2 is 1.33 bits per heavy atom. The third kappa shape index (κ3) is 2.40. The van der Waals surface area contributed by atoms with Crippen LogP contribution in [0.15, 0.2) is 30.3 Å². The molecule has 0 bridgehead atoms. The summed E-state index contributed by atoms with van der Waals surface area (Å²) in [6, 6.07) is 8.32. The molecule has 0 radical (unpaired) electrons. The number of hydrogen-bond acceptors (Lipinski definition) is 1. The molecule has 0 aromatic heterocycles. The third-order valence-electron chi connectivity index (χ3n) is 3.52. The summed E-state index contributed by atoms with van der Waals surface area (Å²) in [6.07, 6.45) is 0. The molecule has 0 saturated carbocycles. The van der Waals surface area contributed by atoms with E-state index >= 15 is 0 Å². The van der Waals surface area contributed by atoms with Crippen LogP contribution in [0.4, 0.5) is 22.0 Å². The summed E-state index contributed by atoms with van der Waals surface area (Å²) in [5.41, 5.74) is 0.159. The monoisotopic (exact) mass is 299 g/mol. The molecule has 2 aromatic carbocycles. The number of rotatable bonds is 3. The molecule has 6 heteroatoms. The van der Waals surface area contributed by atoms with Gasteiger partial charge in [0.15, 0.2) is 23.3 Å². The van der Waals surface area contributed by atoms with Gasteiger partial charge < -0.3 is 0 Å². The standard InChI is InChI=1S/C15H10F5N/c16-11-10(12(17)14(19)15(20)13(11)18)9-7-21(9)6-8-4-2-1-3-5-8/h1-5,9H,6-7H2. The Labute approximate surface area is 117 Å². The van der Waals surface area contributed by atoms with Gasteiger partial charge in [-0.05, 0) is 5.56 Å². The predicted molar refractivity (Wildman–Crippen MR) is 65.8 cm³/mol. The Morgan fingerprint density at radius 1 is 0.810 bits per heavy atom. The maximum absolute atomic E-state index is 13.7. The molecule has 2 unspecified atom stereocenters. The summed E-state index contributed by atoms with van der Waals surface area (Å²) < 4.78 is 66.6. The van der Waals surface area contributed by atoms with Crippen LogP contribution < -0.4 is 0 Å².